The summed E-state index contributed by atoms with van der Waals surface area (Å²) >= 11 is 0. The molecule has 0 unspecified atom stereocenters. The van der Waals surface area contributed by atoms with E-state index < -0.39 is 29.4 Å². The Kier molecular flexibility index (Phi) is 3.16. The van der Waals surface area contributed by atoms with Crippen molar-refractivity contribution in [3.63, 3.8) is 0 Å². The first kappa shape index (κ1) is 14.2. The summed E-state index contributed by atoms with van der Waals surface area (Å²) in [5.41, 5.74) is 0.264. The van der Waals surface area contributed by atoms with Crippen LogP contribution in [0.15, 0.2) is 27.9 Å². The van der Waals surface area contributed by atoms with Crippen LogP contribution in [0.4, 0.5) is 0 Å². The van der Waals surface area contributed by atoms with Crippen molar-refractivity contribution in [1.82, 2.24) is 9.55 Å². The maximum atomic E-state index is 12.0. The molecule has 114 valence electrons. The van der Waals surface area contributed by atoms with Gasteiger partial charge in [-0.2, -0.15) is 0 Å². The minimum atomic E-state index is -0.773. The molecule has 0 saturated carbocycles. The molecule has 1 aromatic rings. The lowest BCUT2D eigenvalue weighted by Gasteiger charge is -2.33. The van der Waals surface area contributed by atoms with Gasteiger partial charge in [0.25, 0.3) is 5.56 Å². The van der Waals surface area contributed by atoms with Crippen LogP contribution < -0.4 is 11.2 Å². The van der Waals surface area contributed by atoms with Gasteiger partial charge in [0.2, 0.25) is 0 Å². The van der Waals surface area contributed by atoms with Gasteiger partial charge in [0, 0.05) is 11.8 Å². The summed E-state index contributed by atoms with van der Waals surface area (Å²) in [6.45, 7) is 9.44. The van der Waals surface area contributed by atoms with Crippen LogP contribution >= 0.6 is 0 Å². The maximum absolute atomic E-state index is 12.0. The number of hydrogen-bond donors (Lipinski definition) is 1. The highest BCUT2D eigenvalue weighted by molar-refractivity contribution is 5.14. The minimum absolute atomic E-state index is 0.274. The predicted octanol–water partition coefficient (Wildman–Crippen LogP) is 0.450. The van der Waals surface area contributed by atoms with Crippen molar-refractivity contribution in [1.29, 1.82) is 0 Å². The second-order valence-electron chi connectivity index (χ2n) is 5.86. The smallest absolute Gasteiger partial charge is 0.330 e. The SMILES string of the molecule is C=C1CO[C@@H](n2cc(C)c(=O)[nH]c2=O)[C@@H]2OC(C)(C)O[C@H]12. The molecule has 2 fully saturated rings. The third-order valence-electron chi connectivity index (χ3n) is 3.67. The van der Waals surface area contributed by atoms with E-state index in [9.17, 15) is 9.59 Å². The Hall–Kier alpha value is -1.70. The van der Waals surface area contributed by atoms with E-state index >= 15 is 0 Å². The van der Waals surface area contributed by atoms with Gasteiger partial charge in [-0.25, -0.2) is 4.79 Å². The normalized spacial score (nSPS) is 31.2. The highest BCUT2D eigenvalue weighted by Gasteiger charge is 2.50. The Morgan fingerprint density at radius 2 is 2.10 bits per heavy atom. The van der Waals surface area contributed by atoms with E-state index in [2.05, 4.69) is 11.6 Å². The summed E-state index contributed by atoms with van der Waals surface area (Å²) < 4.78 is 18.7. The van der Waals surface area contributed by atoms with Gasteiger partial charge in [-0.05, 0) is 26.3 Å². The van der Waals surface area contributed by atoms with E-state index in [0.717, 1.165) is 5.57 Å². The molecule has 21 heavy (non-hydrogen) atoms. The zero-order valence-corrected chi connectivity index (χ0v) is 12.2. The quantitative estimate of drug-likeness (QED) is 0.760. The van der Waals surface area contributed by atoms with E-state index in [0.29, 0.717) is 5.56 Å². The number of nitrogens with one attached hydrogen (secondary N) is 1. The number of aryl methyl sites for hydroxylation is 1. The van der Waals surface area contributed by atoms with Crippen LogP contribution in [-0.4, -0.2) is 34.2 Å². The van der Waals surface area contributed by atoms with E-state index in [1.54, 1.807) is 20.8 Å². The van der Waals surface area contributed by atoms with Gasteiger partial charge in [-0.1, -0.05) is 6.58 Å². The van der Waals surface area contributed by atoms with Crippen LogP contribution in [-0.2, 0) is 14.2 Å². The zero-order valence-electron chi connectivity index (χ0n) is 12.2. The highest BCUT2D eigenvalue weighted by Crippen LogP contribution is 2.40. The van der Waals surface area contributed by atoms with Crippen LogP contribution in [0, 0.1) is 6.92 Å². The lowest BCUT2D eigenvalue weighted by Crippen LogP contribution is -2.46. The lowest BCUT2D eigenvalue weighted by molar-refractivity contribution is -0.164. The van der Waals surface area contributed by atoms with Gasteiger partial charge in [0.15, 0.2) is 12.0 Å². The number of hydrogen-bond acceptors (Lipinski definition) is 5. The molecule has 7 heteroatoms. The van der Waals surface area contributed by atoms with Crippen LogP contribution in [0.5, 0.6) is 0 Å². The highest BCUT2D eigenvalue weighted by atomic mass is 16.8. The Bertz CT molecular complexity index is 702. The molecule has 2 aliphatic heterocycles. The average Bonchev–Trinajstić information content (AvgIpc) is 2.71. The summed E-state index contributed by atoms with van der Waals surface area (Å²) in [5, 5.41) is 0. The molecule has 0 radical (unpaired) electrons. The van der Waals surface area contributed by atoms with Crippen molar-refractivity contribution in [3.8, 4) is 0 Å². The molecule has 0 amide bonds. The zero-order chi connectivity index (χ0) is 15.4. The van der Waals surface area contributed by atoms with Gasteiger partial charge in [-0.15, -0.1) is 0 Å². The first-order chi connectivity index (χ1) is 9.78. The summed E-state index contributed by atoms with van der Waals surface area (Å²) in [7, 11) is 0. The van der Waals surface area contributed by atoms with Gasteiger partial charge in [0.1, 0.15) is 12.2 Å². The molecule has 7 nitrogen and oxygen atoms in total. The van der Waals surface area contributed by atoms with Crippen LogP contribution in [0.1, 0.15) is 25.6 Å². The molecule has 2 aliphatic rings. The first-order valence-corrected chi connectivity index (χ1v) is 6.75. The topological polar surface area (TPSA) is 82.6 Å². The third-order valence-corrected chi connectivity index (χ3v) is 3.67. The number of fused-ring (bicyclic) bond motifs is 1. The van der Waals surface area contributed by atoms with E-state index in [-0.39, 0.29) is 12.7 Å². The number of rotatable bonds is 1. The van der Waals surface area contributed by atoms with Crippen LogP contribution in [0.3, 0.4) is 0 Å². The Morgan fingerprint density at radius 3 is 2.81 bits per heavy atom. The fourth-order valence-electron chi connectivity index (χ4n) is 2.70. The third kappa shape index (κ3) is 2.37. The minimum Gasteiger partial charge on any atom is -0.351 e. The molecular formula is C14H18N2O5. The second kappa shape index (κ2) is 4.66. The number of ether oxygens (including phenoxy) is 3. The Balaban J connectivity index is 2.03. The van der Waals surface area contributed by atoms with Crippen molar-refractivity contribution in [2.24, 2.45) is 0 Å². The van der Waals surface area contributed by atoms with Crippen LogP contribution in [0.25, 0.3) is 0 Å². The molecular weight excluding hydrogens is 276 g/mol. The van der Waals surface area contributed by atoms with Gasteiger partial charge >= 0.3 is 5.69 Å². The van der Waals surface area contributed by atoms with Gasteiger partial charge in [0.05, 0.1) is 6.61 Å². The number of aromatic nitrogens is 2. The predicted molar refractivity (Wildman–Crippen MR) is 74.0 cm³/mol. The molecule has 0 bridgehead atoms. The molecule has 0 aromatic carbocycles. The maximum Gasteiger partial charge on any atom is 0.330 e. The van der Waals surface area contributed by atoms with Crippen molar-refractivity contribution in [2.75, 3.05) is 6.61 Å². The monoisotopic (exact) mass is 294 g/mol. The average molecular weight is 294 g/mol. The summed E-state index contributed by atoms with van der Waals surface area (Å²) in [4.78, 5) is 25.8. The van der Waals surface area contributed by atoms with Crippen molar-refractivity contribution in [2.45, 2.75) is 45.0 Å². The van der Waals surface area contributed by atoms with E-state index in [1.807, 2.05) is 0 Å². The molecule has 2 saturated heterocycles. The molecule has 0 spiro atoms. The molecule has 0 aliphatic carbocycles. The summed E-state index contributed by atoms with van der Waals surface area (Å²) in [6.07, 6.45) is -0.00137. The van der Waals surface area contributed by atoms with Crippen molar-refractivity contribution >= 4 is 0 Å². The summed E-state index contributed by atoms with van der Waals surface area (Å²) in [5.74, 6) is -0.773. The molecule has 3 heterocycles. The van der Waals surface area contributed by atoms with Crippen LogP contribution in [0.2, 0.25) is 0 Å². The molecule has 1 aromatic heterocycles. The van der Waals surface area contributed by atoms with Crippen molar-refractivity contribution < 1.29 is 14.2 Å². The standard InChI is InChI=1S/C14H18N2O5/c1-7-5-16(13(18)15-11(7)17)12-10-9(8(2)6-19-12)20-14(3,4)21-10/h5,9-10,12H,2,6H2,1,3-4H3,(H,15,17,18)/t9-,10-,12-/m1/s1. The number of nitrogens with zero attached hydrogens (tertiary/aromatic N) is 1. The molecule has 3 atom stereocenters. The fraction of sp³-hybridized carbons (Fsp3) is 0.571. The second-order valence-corrected chi connectivity index (χ2v) is 5.86. The number of aromatic amines is 1. The number of H-pyrrole nitrogens is 1. The van der Waals surface area contributed by atoms with Crippen molar-refractivity contribution in [3.05, 3.63) is 44.8 Å². The lowest BCUT2D eigenvalue weighted by atomic mass is 10.0. The summed E-state index contributed by atoms with van der Waals surface area (Å²) in [6, 6.07) is 0. The first-order valence-electron chi connectivity index (χ1n) is 6.75. The Labute approximate surface area is 121 Å². The molecule has 1 N–H and O–H groups in total. The van der Waals surface area contributed by atoms with E-state index in [4.69, 9.17) is 14.2 Å². The largest absolute Gasteiger partial charge is 0.351 e. The van der Waals surface area contributed by atoms with E-state index in [1.165, 1.54) is 10.8 Å². The fourth-order valence-corrected chi connectivity index (χ4v) is 2.70. The van der Waals surface area contributed by atoms with Gasteiger partial charge in [-0.3, -0.25) is 14.3 Å². The van der Waals surface area contributed by atoms with Gasteiger partial charge < -0.3 is 14.2 Å². The molecule has 3 rings (SSSR count). The Morgan fingerprint density at radius 1 is 1.38 bits per heavy atom.